The fourth-order valence-electron chi connectivity index (χ4n) is 2.98. The Balaban J connectivity index is 2.09. The molecule has 0 atom stereocenters. The van der Waals surface area contributed by atoms with E-state index >= 15 is 0 Å². The predicted octanol–water partition coefficient (Wildman–Crippen LogP) is 3.60. The number of aryl methyl sites for hydroxylation is 1. The number of anilines is 2. The lowest BCUT2D eigenvalue weighted by Crippen LogP contribution is -2.11. The smallest absolute Gasteiger partial charge is 0.217 e. The van der Waals surface area contributed by atoms with Gasteiger partial charge in [-0.2, -0.15) is 0 Å². The van der Waals surface area contributed by atoms with E-state index in [-0.39, 0.29) is 5.91 Å². The van der Waals surface area contributed by atoms with Gasteiger partial charge >= 0.3 is 0 Å². The van der Waals surface area contributed by atoms with Crippen LogP contribution in [0.3, 0.4) is 0 Å². The lowest BCUT2D eigenvalue weighted by Gasteiger charge is -2.13. The summed E-state index contributed by atoms with van der Waals surface area (Å²) < 4.78 is 0. The number of nitrogen functional groups attached to an aromatic ring is 2. The second-order valence-corrected chi connectivity index (χ2v) is 6.09. The molecule has 1 amide bonds. The Hall–Kier alpha value is -3.27. The Morgan fingerprint density at radius 1 is 0.760 bits per heavy atom. The lowest BCUT2D eigenvalue weighted by molar-refractivity contribution is -0.117. The highest BCUT2D eigenvalue weighted by atomic mass is 16.1. The van der Waals surface area contributed by atoms with Gasteiger partial charge in [-0.25, -0.2) is 0 Å². The molecule has 0 saturated carbocycles. The van der Waals surface area contributed by atoms with Crippen molar-refractivity contribution in [2.24, 2.45) is 5.73 Å². The Bertz CT molecular complexity index is 884. The van der Waals surface area contributed by atoms with E-state index in [4.69, 9.17) is 17.2 Å². The molecule has 0 aromatic heterocycles. The number of carbonyl (C=O) groups excluding carboxylic acids is 1. The summed E-state index contributed by atoms with van der Waals surface area (Å²) in [5.41, 5.74) is 23.7. The van der Waals surface area contributed by atoms with Crippen molar-refractivity contribution in [2.75, 3.05) is 11.5 Å². The molecule has 0 heterocycles. The Kier molecular flexibility index (Phi) is 4.70. The molecule has 0 fully saturated rings. The fraction of sp³-hybridized carbons (Fsp3) is 0.0952. The van der Waals surface area contributed by atoms with Crippen LogP contribution in [0.5, 0.6) is 0 Å². The third-order valence-electron chi connectivity index (χ3n) is 4.14. The standard InChI is InChI=1S/C21H21N3O/c22-18-11-17(12-19(23)13-18)20-8-6-15(14-4-2-1-3-5-14)10-16(20)7-9-21(24)25/h1-6,8,10-13H,7,9,22-23H2,(H2,24,25). The van der Waals surface area contributed by atoms with Crippen LogP contribution in [-0.2, 0) is 11.2 Å². The zero-order valence-electron chi connectivity index (χ0n) is 13.9. The zero-order valence-corrected chi connectivity index (χ0v) is 13.9. The molecule has 0 spiro atoms. The molecule has 3 rings (SSSR count). The van der Waals surface area contributed by atoms with Gasteiger partial charge in [-0.1, -0.05) is 48.5 Å². The average Bonchev–Trinajstić information content (AvgIpc) is 2.59. The molecule has 4 heteroatoms. The lowest BCUT2D eigenvalue weighted by atomic mass is 9.92. The van der Waals surface area contributed by atoms with Gasteiger partial charge < -0.3 is 17.2 Å². The minimum Gasteiger partial charge on any atom is -0.399 e. The summed E-state index contributed by atoms with van der Waals surface area (Å²) in [5.74, 6) is -0.317. The summed E-state index contributed by atoms with van der Waals surface area (Å²) in [6.07, 6.45) is 0.864. The second-order valence-electron chi connectivity index (χ2n) is 6.09. The number of rotatable bonds is 5. The quantitative estimate of drug-likeness (QED) is 0.623. The Labute approximate surface area is 147 Å². The first kappa shape index (κ1) is 16.6. The van der Waals surface area contributed by atoms with Gasteiger partial charge in [0.25, 0.3) is 0 Å². The molecule has 0 saturated heterocycles. The molecule has 4 nitrogen and oxygen atoms in total. The number of primary amides is 1. The molecule has 3 aromatic carbocycles. The van der Waals surface area contributed by atoms with Gasteiger partial charge in [-0.05, 0) is 52.4 Å². The number of hydrogen-bond donors (Lipinski definition) is 3. The van der Waals surface area contributed by atoms with Crippen LogP contribution < -0.4 is 17.2 Å². The van der Waals surface area contributed by atoms with E-state index in [1.165, 1.54) is 0 Å². The SMILES string of the molecule is NC(=O)CCc1cc(-c2ccccc2)ccc1-c1cc(N)cc(N)c1. The van der Waals surface area contributed by atoms with Gasteiger partial charge in [-0.3, -0.25) is 4.79 Å². The largest absolute Gasteiger partial charge is 0.399 e. The normalized spacial score (nSPS) is 10.6. The number of carbonyl (C=O) groups is 1. The molecular formula is C21H21N3O. The minimum absolute atomic E-state index is 0.295. The van der Waals surface area contributed by atoms with Crippen molar-refractivity contribution in [2.45, 2.75) is 12.8 Å². The average molecular weight is 331 g/mol. The third kappa shape index (κ3) is 3.98. The zero-order chi connectivity index (χ0) is 17.8. The number of benzene rings is 3. The summed E-state index contributed by atoms with van der Waals surface area (Å²) >= 11 is 0. The molecule has 6 N–H and O–H groups in total. The van der Waals surface area contributed by atoms with Crippen molar-refractivity contribution < 1.29 is 4.79 Å². The summed E-state index contributed by atoms with van der Waals surface area (Å²) in [6, 6.07) is 21.8. The van der Waals surface area contributed by atoms with Gasteiger partial charge in [0.05, 0.1) is 0 Å². The summed E-state index contributed by atoms with van der Waals surface area (Å²) in [5, 5.41) is 0. The van der Waals surface area contributed by atoms with Crippen molar-refractivity contribution in [1.82, 2.24) is 0 Å². The highest BCUT2D eigenvalue weighted by Gasteiger charge is 2.10. The van der Waals surface area contributed by atoms with Crippen LogP contribution in [0.25, 0.3) is 22.3 Å². The van der Waals surface area contributed by atoms with E-state index in [9.17, 15) is 4.79 Å². The Morgan fingerprint density at radius 3 is 2.08 bits per heavy atom. The molecule has 0 radical (unpaired) electrons. The van der Waals surface area contributed by atoms with E-state index < -0.39 is 0 Å². The first-order valence-electron chi connectivity index (χ1n) is 8.16. The number of hydrogen-bond acceptors (Lipinski definition) is 3. The van der Waals surface area contributed by atoms with E-state index in [1.54, 1.807) is 6.07 Å². The predicted molar refractivity (Wildman–Crippen MR) is 104 cm³/mol. The molecule has 0 aliphatic heterocycles. The maximum Gasteiger partial charge on any atom is 0.217 e. The van der Waals surface area contributed by atoms with Crippen molar-refractivity contribution in [3.05, 3.63) is 72.3 Å². The van der Waals surface area contributed by atoms with Crippen molar-refractivity contribution >= 4 is 17.3 Å². The number of nitrogens with two attached hydrogens (primary N) is 3. The summed E-state index contributed by atoms with van der Waals surface area (Å²) in [4.78, 5) is 11.3. The molecule has 25 heavy (non-hydrogen) atoms. The third-order valence-corrected chi connectivity index (χ3v) is 4.14. The molecular weight excluding hydrogens is 310 g/mol. The van der Waals surface area contributed by atoms with Gasteiger partial charge in [-0.15, -0.1) is 0 Å². The van der Waals surface area contributed by atoms with Gasteiger partial charge in [0.1, 0.15) is 0 Å². The summed E-state index contributed by atoms with van der Waals surface area (Å²) in [6.45, 7) is 0. The van der Waals surface area contributed by atoms with Crippen molar-refractivity contribution in [3.63, 3.8) is 0 Å². The van der Waals surface area contributed by atoms with E-state index in [2.05, 4.69) is 24.3 Å². The van der Waals surface area contributed by atoms with Crippen LogP contribution in [0.1, 0.15) is 12.0 Å². The Morgan fingerprint density at radius 2 is 1.44 bits per heavy atom. The van der Waals surface area contributed by atoms with Crippen molar-refractivity contribution in [3.8, 4) is 22.3 Å². The highest BCUT2D eigenvalue weighted by Crippen LogP contribution is 2.32. The molecule has 0 aliphatic carbocycles. The van der Waals surface area contributed by atoms with Crippen LogP contribution >= 0.6 is 0 Å². The second kappa shape index (κ2) is 7.09. The van der Waals surface area contributed by atoms with E-state index in [0.717, 1.165) is 27.8 Å². The van der Waals surface area contributed by atoms with E-state index in [1.807, 2.05) is 36.4 Å². The van der Waals surface area contributed by atoms with Gasteiger partial charge in [0, 0.05) is 17.8 Å². The van der Waals surface area contributed by atoms with Crippen LogP contribution in [0.2, 0.25) is 0 Å². The first-order chi connectivity index (χ1) is 12.0. The monoisotopic (exact) mass is 331 g/mol. The van der Waals surface area contributed by atoms with Gasteiger partial charge in [0.2, 0.25) is 5.91 Å². The topological polar surface area (TPSA) is 95.1 Å². The highest BCUT2D eigenvalue weighted by molar-refractivity contribution is 5.79. The van der Waals surface area contributed by atoms with Crippen LogP contribution in [0.15, 0.2) is 66.7 Å². The fourth-order valence-corrected chi connectivity index (χ4v) is 2.98. The molecule has 0 unspecified atom stereocenters. The summed E-state index contributed by atoms with van der Waals surface area (Å²) in [7, 11) is 0. The first-order valence-corrected chi connectivity index (χ1v) is 8.16. The van der Waals surface area contributed by atoms with E-state index in [0.29, 0.717) is 24.2 Å². The maximum atomic E-state index is 11.3. The number of amides is 1. The maximum absolute atomic E-state index is 11.3. The molecule has 0 aliphatic rings. The minimum atomic E-state index is -0.317. The van der Waals surface area contributed by atoms with Crippen LogP contribution in [0.4, 0.5) is 11.4 Å². The van der Waals surface area contributed by atoms with Crippen LogP contribution in [0, 0.1) is 0 Å². The molecule has 3 aromatic rings. The molecule has 0 bridgehead atoms. The van der Waals surface area contributed by atoms with Gasteiger partial charge in [0.15, 0.2) is 0 Å². The molecule has 126 valence electrons. The van der Waals surface area contributed by atoms with Crippen molar-refractivity contribution in [1.29, 1.82) is 0 Å². The van der Waals surface area contributed by atoms with Crippen LogP contribution in [-0.4, -0.2) is 5.91 Å².